The van der Waals surface area contributed by atoms with Gasteiger partial charge in [-0.3, -0.25) is 14.5 Å². The summed E-state index contributed by atoms with van der Waals surface area (Å²) < 4.78 is 2.05. The van der Waals surface area contributed by atoms with Crippen LogP contribution >= 0.6 is 11.8 Å². The van der Waals surface area contributed by atoms with Gasteiger partial charge >= 0.3 is 0 Å². The Bertz CT molecular complexity index is 855. The maximum Gasteiger partial charge on any atom is 0.293 e. The smallest absolute Gasteiger partial charge is 0.293 e. The van der Waals surface area contributed by atoms with E-state index < -0.39 is 0 Å². The number of nitrogens with zero attached hydrogens (tertiary/aromatic N) is 3. The summed E-state index contributed by atoms with van der Waals surface area (Å²) in [5.74, 6) is 0.636. The molecule has 0 saturated carbocycles. The highest BCUT2D eigenvalue weighted by molar-refractivity contribution is 8.18. The summed E-state index contributed by atoms with van der Waals surface area (Å²) in [4.78, 5) is 31.0. The van der Waals surface area contributed by atoms with Crippen LogP contribution in [0.4, 0.5) is 4.79 Å². The van der Waals surface area contributed by atoms with E-state index in [0.717, 1.165) is 41.0 Å². The zero-order valence-electron chi connectivity index (χ0n) is 14.8. The summed E-state index contributed by atoms with van der Waals surface area (Å²) in [5, 5.41) is -0.191. The Morgan fingerprint density at radius 3 is 2.68 bits per heavy atom. The monoisotopic (exact) mass is 355 g/mol. The number of rotatable bonds is 4. The number of thioether (sulfide) groups is 1. The van der Waals surface area contributed by atoms with Gasteiger partial charge in [-0.15, -0.1) is 0 Å². The molecule has 3 heterocycles. The molecule has 3 rings (SSSR count). The summed E-state index contributed by atoms with van der Waals surface area (Å²) in [6, 6.07) is 7.70. The van der Waals surface area contributed by atoms with E-state index in [9.17, 15) is 9.59 Å². The fourth-order valence-corrected chi connectivity index (χ4v) is 3.88. The van der Waals surface area contributed by atoms with E-state index in [-0.39, 0.29) is 17.2 Å². The minimum atomic E-state index is -0.202. The second kappa shape index (κ2) is 6.88. The number of carbonyl (C=O) groups is 2. The maximum atomic E-state index is 12.6. The van der Waals surface area contributed by atoms with Crippen molar-refractivity contribution >= 4 is 29.0 Å². The van der Waals surface area contributed by atoms with E-state index in [4.69, 9.17) is 0 Å². The predicted molar refractivity (Wildman–Crippen MR) is 101 cm³/mol. The van der Waals surface area contributed by atoms with Gasteiger partial charge in [-0.05, 0) is 68.8 Å². The van der Waals surface area contributed by atoms with Crippen molar-refractivity contribution in [2.24, 2.45) is 0 Å². The third kappa shape index (κ3) is 3.14. The lowest BCUT2D eigenvalue weighted by Gasteiger charge is -2.19. The molecule has 0 bridgehead atoms. The van der Waals surface area contributed by atoms with Crippen molar-refractivity contribution < 1.29 is 9.59 Å². The molecule has 0 unspecified atom stereocenters. The van der Waals surface area contributed by atoms with Crippen LogP contribution < -0.4 is 0 Å². The van der Waals surface area contributed by atoms with Crippen molar-refractivity contribution in [3.8, 4) is 5.82 Å². The molecule has 1 fully saturated rings. The van der Waals surface area contributed by atoms with Crippen molar-refractivity contribution in [3.63, 3.8) is 0 Å². The Morgan fingerprint density at radius 2 is 2.04 bits per heavy atom. The number of hydrogen-bond donors (Lipinski definition) is 0. The molecule has 1 atom stereocenters. The molecular weight excluding hydrogens is 334 g/mol. The lowest BCUT2D eigenvalue weighted by Crippen LogP contribution is -2.36. The van der Waals surface area contributed by atoms with Gasteiger partial charge in [0.05, 0.1) is 4.91 Å². The molecule has 1 saturated heterocycles. The maximum absolute atomic E-state index is 12.6. The van der Waals surface area contributed by atoms with Crippen LogP contribution in [-0.4, -0.2) is 31.6 Å². The molecule has 0 aromatic carbocycles. The molecule has 1 aliphatic heterocycles. The molecule has 0 radical (unpaired) electrons. The van der Waals surface area contributed by atoms with Gasteiger partial charge in [0.25, 0.3) is 11.1 Å². The van der Waals surface area contributed by atoms with Crippen molar-refractivity contribution in [3.05, 3.63) is 52.3 Å². The average molecular weight is 355 g/mol. The molecule has 130 valence electrons. The van der Waals surface area contributed by atoms with E-state index in [1.807, 2.05) is 62.6 Å². The van der Waals surface area contributed by atoms with E-state index in [0.29, 0.717) is 4.91 Å². The van der Waals surface area contributed by atoms with Gasteiger partial charge in [0.2, 0.25) is 0 Å². The third-order valence-electron chi connectivity index (χ3n) is 4.49. The molecule has 0 N–H and O–H groups in total. The molecule has 2 amide bonds. The zero-order chi connectivity index (χ0) is 18.1. The minimum absolute atomic E-state index is 0.0839. The van der Waals surface area contributed by atoms with Gasteiger partial charge in [0.15, 0.2) is 0 Å². The number of hydrogen-bond acceptors (Lipinski definition) is 4. The first-order chi connectivity index (χ1) is 11.9. The number of aryl methyl sites for hydroxylation is 1. The number of pyridine rings is 1. The Balaban J connectivity index is 1.98. The fourth-order valence-electron chi connectivity index (χ4n) is 2.96. The molecule has 0 aliphatic carbocycles. The molecule has 2 aromatic heterocycles. The van der Waals surface area contributed by atoms with Crippen LogP contribution in [0, 0.1) is 13.8 Å². The highest BCUT2D eigenvalue weighted by atomic mass is 32.2. The molecular formula is C19H21N3O2S. The van der Waals surface area contributed by atoms with Crippen molar-refractivity contribution in [2.45, 2.75) is 40.2 Å². The second-order valence-corrected chi connectivity index (χ2v) is 7.15. The molecule has 0 spiro atoms. The van der Waals surface area contributed by atoms with Crippen LogP contribution in [0.1, 0.15) is 37.2 Å². The van der Waals surface area contributed by atoms with Crippen LogP contribution in [0.15, 0.2) is 35.4 Å². The first-order valence-corrected chi connectivity index (χ1v) is 9.13. The van der Waals surface area contributed by atoms with Crippen molar-refractivity contribution in [2.75, 3.05) is 0 Å². The van der Waals surface area contributed by atoms with Gasteiger partial charge in [-0.25, -0.2) is 4.98 Å². The van der Waals surface area contributed by atoms with Crippen molar-refractivity contribution in [1.29, 1.82) is 0 Å². The Labute approximate surface area is 151 Å². The first-order valence-electron chi connectivity index (χ1n) is 8.31. The summed E-state index contributed by atoms with van der Waals surface area (Å²) >= 11 is 1.01. The summed E-state index contributed by atoms with van der Waals surface area (Å²) in [7, 11) is 0. The van der Waals surface area contributed by atoms with E-state index in [1.54, 1.807) is 6.20 Å². The van der Waals surface area contributed by atoms with E-state index in [2.05, 4.69) is 4.98 Å². The lowest BCUT2D eigenvalue weighted by atomic mass is 10.2. The molecule has 5 nitrogen and oxygen atoms in total. The third-order valence-corrected chi connectivity index (χ3v) is 5.37. The Morgan fingerprint density at radius 1 is 1.28 bits per heavy atom. The number of aromatic nitrogens is 2. The minimum Gasteiger partial charge on any atom is -0.303 e. The molecule has 6 heteroatoms. The number of amides is 2. The van der Waals surface area contributed by atoms with Gasteiger partial charge in [0, 0.05) is 23.6 Å². The largest absolute Gasteiger partial charge is 0.303 e. The Hall–Kier alpha value is -2.34. The predicted octanol–water partition coefficient (Wildman–Crippen LogP) is 4.32. The average Bonchev–Trinajstić information content (AvgIpc) is 3.03. The number of imide groups is 1. The molecule has 1 aliphatic rings. The van der Waals surface area contributed by atoms with E-state index in [1.165, 1.54) is 4.90 Å². The lowest BCUT2D eigenvalue weighted by molar-refractivity contribution is -0.124. The second-order valence-electron chi connectivity index (χ2n) is 6.16. The summed E-state index contributed by atoms with van der Waals surface area (Å²) in [6.45, 7) is 7.86. The highest BCUT2D eigenvalue weighted by Crippen LogP contribution is 2.35. The van der Waals surface area contributed by atoms with Crippen LogP contribution in [0.25, 0.3) is 11.9 Å². The SMILES string of the molecule is CC[C@H](C)N1C(=O)S/C(=C\c2cc(C)n(-c3ccccn3)c2C)C1=O. The molecule has 2 aromatic rings. The van der Waals surface area contributed by atoms with Gasteiger partial charge in [-0.2, -0.15) is 0 Å². The summed E-state index contributed by atoms with van der Waals surface area (Å²) in [5.41, 5.74) is 2.95. The fraction of sp³-hybridized carbons (Fsp3) is 0.316. The summed E-state index contributed by atoms with van der Waals surface area (Å²) in [6.07, 6.45) is 4.32. The number of carbonyl (C=O) groups excluding carboxylic acids is 2. The van der Waals surface area contributed by atoms with Crippen LogP contribution in [-0.2, 0) is 4.79 Å². The van der Waals surface area contributed by atoms with E-state index >= 15 is 0 Å². The van der Waals surface area contributed by atoms with Crippen LogP contribution in [0.2, 0.25) is 0 Å². The topological polar surface area (TPSA) is 55.2 Å². The van der Waals surface area contributed by atoms with Gasteiger partial charge in [0.1, 0.15) is 5.82 Å². The normalized spacial score (nSPS) is 17.6. The van der Waals surface area contributed by atoms with Gasteiger partial charge in [-0.1, -0.05) is 13.0 Å². The quantitative estimate of drug-likeness (QED) is 0.766. The Kier molecular flexibility index (Phi) is 4.81. The molecule has 25 heavy (non-hydrogen) atoms. The highest BCUT2D eigenvalue weighted by Gasteiger charge is 2.37. The van der Waals surface area contributed by atoms with Gasteiger partial charge < -0.3 is 4.57 Å². The van der Waals surface area contributed by atoms with Crippen LogP contribution in [0.3, 0.4) is 0 Å². The standard InChI is InChI=1S/C19H21N3O2S/c1-5-12(2)22-18(23)16(25-19(22)24)11-15-10-13(3)21(14(15)4)17-8-6-7-9-20-17/h6-12H,5H2,1-4H3/b16-11-/t12-/m0/s1. The first kappa shape index (κ1) is 17.5. The van der Waals surface area contributed by atoms with Crippen molar-refractivity contribution in [1.82, 2.24) is 14.5 Å². The zero-order valence-corrected chi connectivity index (χ0v) is 15.6. The van der Waals surface area contributed by atoms with Crippen LogP contribution in [0.5, 0.6) is 0 Å².